The molecule has 4 fully saturated rings. The molecule has 5 aliphatic carbocycles. The Morgan fingerprint density at radius 3 is 1.89 bits per heavy atom. The molecule has 0 aliphatic heterocycles. The fourth-order valence-electron chi connectivity index (χ4n) is 12.7. The number of fused-ring (bicyclic) bond motifs is 6. The minimum atomic E-state index is -0.144. The van der Waals surface area contributed by atoms with Crippen molar-refractivity contribution in [1.82, 2.24) is 0 Å². The fraction of sp³-hybridized carbons (Fsp3) is 0.393. The number of hydrogen-bond donors (Lipinski definition) is 0. The van der Waals surface area contributed by atoms with Crippen LogP contribution < -0.4 is 4.90 Å². The average Bonchev–Trinajstić information content (AvgIpc) is 3.97. The van der Waals surface area contributed by atoms with Gasteiger partial charge in [-0.05, 0) is 160 Å². The number of rotatable bonds is 7. The maximum absolute atomic E-state index is 2.61. The number of benzene rings is 6. The zero-order chi connectivity index (χ0) is 38.1. The Labute approximate surface area is 341 Å². The number of nitrogens with zero attached hydrogens (tertiary/aromatic N) is 1. The summed E-state index contributed by atoms with van der Waals surface area (Å²) in [5, 5.41) is 2.68. The van der Waals surface area contributed by atoms with Crippen LogP contribution in [0.25, 0.3) is 33.0 Å². The molecule has 4 saturated carbocycles. The van der Waals surface area contributed by atoms with E-state index in [0.29, 0.717) is 11.8 Å². The van der Waals surface area contributed by atoms with Crippen LogP contribution in [-0.4, -0.2) is 0 Å². The SMILES string of the molecule is CC1(C)c2ccccc2-c2ccc(N(c3ccc(C4CC5CCC4C5)cc3)c3ccc4ccc(C5CCCCC5)cc4c3)c(-c3ccc(C4CCCCC4)cc3)c21. The third-order valence-corrected chi connectivity index (χ3v) is 15.7. The third kappa shape index (κ3) is 6.18. The first-order chi connectivity index (χ1) is 28.0. The van der Waals surface area contributed by atoms with Gasteiger partial charge in [-0.2, -0.15) is 0 Å². The normalized spacial score (nSPS) is 22.8. The molecule has 0 spiro atoms. The third-order valence-electron chi connectivity index (χ3n) is 15.7. The Balaban J connectivity index is 1.10. The zero-order valence-corrected chi connectivity index (χ0v) is 34.3. The average molecular weight is 746 g/mol. The van der Waals surface area contributed by atoms with Gasteiger partial charge in [-0.1, -0.05) is 150 Å². The largest absolute Gasteiger partial charge is 0.310 e. The van der Waals surface area contributed by atoms with Gasteiger partial charge in [0.15, 0.2) is 0 Å². The summed E-state index contributed by atoms with van der Waals surface area (Å²) in [6.07, 6.45) is 19.2. The Morgan fingerprint density at radius 2 is 1.18 bits per heavy atom. The Bertz CT molecular complexity index is 2420. The van der Waals surface area contributed by atoms with E-state index >= 15 is 0 Å². The van der Waals surface area contributed by atoms with Crippen molar-refractivity contribution in [3.63, 3.8) is 0 Å². The smallest absolute Gasteiger partial charge is 0.0543 e. The Morgan fingerprint density at radius 1 is 0.509 bits per heavy atom. The predicted molar refractivity (Wildman–Crippen MR) is 241 cm³/mol. The quantitative estimate of drug-likeness (QED) is 0.157. The highest BCUT2D eigenvalue weighted by atomic mass is 15.1. The van der Waals surface area contributed by atoms with E-state index in [0.717, 1.165) is 17.8 Å². The minimum absolute atomic E-state index is 0.144. The molecule has 0 heterocycles. The molecular weight excluding hydrogens is 687 g/mol. The number of anilines is 3. The van der Waals surface area contributed by atoms with Gasteiger partial charge in [0.25, 0.3) is 0 Å². The van der Waals surface area contributed by atoms with Gasteiger partial charge in [-0.25, -0.2) is 0 Å². The molecule has 1 nitrogen and oxygen atoms in total. The van der Waals surface area contributed by atoms with Crippen molar-refractivity contribution >= 4 is 27.8 Å². The van der Waals surface area contributed by atoms with Crippen LogP contribution in [0, 0.1) is 11.8 Å². The van der Waals surface area contributed by atoms with Gasteiger partial charge in [-0.3, -0.25) is 0 Å². The van der Waals surface area contributed by atoms with Crippen molar-refractivity contribution < 1.29 is 0 Å². The molecule has 2 bridgehead atoms. The van der Waals surface area contributed by atoms with E-state index in [4.69, 9.17) is 0 Å². The molecular formula is C56H59N. The maximum Gasteiger partial charge on any atom is 0.0543 e. The van der Waals surface area contributed by atoms with Crippen molar-refractivity contribution in [2.24, 2.45) is 11.8 Å². The van der Waals surface area contributed by atoms with Gasteiger partial charge in [0.05, 0.1) is 5.69 Å². The van der Waals surface area contributed by atoms with Crippen molar-refractivity contribution in [2.75, 3.05) is 4.90 Å². The van der Waals surface area contributed by atoms with Crippen LogP contribution in [0.1, 0.15) is 149 Å². The van der Waals surface area contributed by atoms with E-state index in [1.54, 1.807) is 5.56 Å². The van der Waals surface area contributed by atoms with Crippen LogP contribution in [0.15, 0.2) is 121 Å². The second kappa shape index (κ2) is 14.3. The van der Waals surface area contributed by atoms with Gasteiger partial charge >= 0.3 is 0 Å². The van der Waals surface area contributed by atoms with E-state index in [1.807, 2.05) is 0 Å². The molecule has 0 aromatic heterocycles. The lowest BCUT2D eigenvalue weighted by Gasteiger charge is -2.33. The fourth-order valence-corrected chi connectivity index (χ4v) is 12.7. The molecule has 5 aliphatic rings. The zero-order valence-electron chi connectivity index (χ0n) is 34.3. The van der Waals surface area contributed by atoms with Crippen LogP contribution in [0.2, 0.25) is 0 Å². The summed E-state index contributed by atoms with van der Waals surface area (Å²) < 4.78 is 0. The van der Waals surface area contributed by atoms with Crippen LogP contribution in [0.5, 0.6) is 0 Å². The summed E-state index contributed by atoms with van der Waals surface area (Å²) >= 11 is 0. The molecule has 0 amide bonds. The standard InChI is InChI=1S/C56H59N/c1-56(2)52-16-10-9-15-49(52)50-31-32-53(54(55(50)56)43-22-19-40(20-23-43)38-11-5-3-6-12-38)57(47-28-26-42(27-29-47)51-34-37-17-18-45(51)33-37)48-30-25-41-21-24-44(35-46(41)36-48)39-13-7-4-8-14-39/h9-10,15-16,19-32,35-39,45,51H,3-8,11-14,17-18,33-34H2,1-2H3. The van der Waals surface area contributed by atoms with E-state index in [2.05, 4.69) is 140 Å². The Kier molecular flexibility index (Phi) is 8.94. The molecule has 11 rings (SSSR count). The van der Waals surface area contributed by atoms with E-state index in [-0.39, 0.29) is 5.41 Å². The lowest BCUT2D eigenvalue weighted by atomic mass is 9.77. The summed E-state index contributed by atoms with van der Waals surface area (Å²) in [6.45, 7) is 4.91. The van der Waals surface area contributed by atoms with Gasteiger partial charge in [0, 0.05) is 22.4 Å². The van der Waals surface area contributed by atoms with Gasteiger partial charge in [-0.15, -0.1) is 0 Å². The van der Waals surface area contributed by atoms with Crippen molar-refractivity contribution in [3.05, 3.63) is 149 Å². The van der Waals surface area contributed by atoms with Gasteiger partial charge in [0.2, 0.25) is 0 Å². The van der Waals surface area contributed by atoms with Gasteiger partial charge in [0.1, 0.15) is 0 Å². The topological polar surface area (TPSA) is 3.24 Å². The lowest BCUT2D eigenvalue weighted by molar-refractivity contribution is 0.420. The summed E-state index contributed by atoms with van der Waals surface area (Å²) in [5.74, 6) is 3.92. The lowest BCUT2D eigenvalue weighted by Crippen LogP contribution is -2.19. The van der Waals surface area contributed by atoms with Crippen molar-refractivity contribution in [1.29, 1.82) is 0 Å². The first-order valence-electron chi connectivity index (χ1n) is 22.8. The maximum atomic E-state index is 2.61. The Hall–Kier alpha value is -4.62. The van der Waals surface area contributed by atoms with E-state index in [1.165, 1.54) is 162 Å². The highest BCUT2D eigenvalue weighted by Gasteiger charge is 2.41. The summed E-state index contributed by atoms with van der Waals surface area (Å²) in [7, 11) is 0. The summed E-state index contributed by atoms with van der Waals surface area (Å²) in [5.41, 5.74) is 16.6. The number of hydrogen-bond acceptors (Lipinski definition) is 1. The molecule has 0 saturated heterocycles. The monoisotopic (exact) mass is 745 g/mol. The van der Waals surface area contributed by atoms with Gasteiger partial charge < -0.3 is 4.90 Å². The van der Waals surface area contributed by atoms with Crippen LogP contribution in [0.3, 0.4) is 0 Å². The second-order valence-corrected chi connectivity index (χ2v) is 19.3. The van der Waals surface area contributed by atoms with Crippen molar-refractivity contribution in [2.45, 2.75) is 127 Å². The molecule has 6 aromatic carbocycles. The first kappa shape index (κ1) is 35.5. The molecule has 0 radical (unpaired) electrons. The van der Waals surface area contributed by atoms with Crippen LogP contribution in [-0.2, 0) is 5.41 Å². The van der Waals surface area contributed by atoms with Crippen molar-refractivity contribution in [3.8, 4) is 22.3 Å². The minimum Gasteiger partial charge on any atom is -0.310 e. The van der Waals surface area contributed by atoms with Crippen LogP contribution >= 0.6 is 0 Å². The molecule has 3 atom stereocenters. The van der Waals surface area contributed by atoms with Crippen LogP contribution in [0.4, 0.5) is 17.1 Å². The molecule has 0 N–H and O–H groups in total. The summed E-state index contributed by atoms with van der Waals surface area (Å²) in [6, 6.07) is 48.4. The predicted octanol–water partition coefficient (Wildman–Crippen LogP) is 16.3. The summed E-state index contributed by atoms with van der Waals surface area (Å²) in [4.78, 5) is 2.61. The molecule has 6 aromatic rings. The molecule has 1 heteroatoms. The molecule has 288 valence electrons. The molecule has 57 heavy (non-hydrogen) atoms. The molecule has 3 unspecified atom stereocenters. The van der Waals surface area contributed by atoms with E-state index < -0.39 is 0 Å². The second-order valence-electron chi connectivity index (χ2n) is 19.3. The first-order valence-corrected chi connectivity index (χ1v) is 22.8. The highest BCUT2D eigenvalue weighted by Crippen LogP contribution is 2.57. The van der Waals surface area contributed by atoms with E-state index in [9.17, 15) is 0 Å². The highest BCUT2D eigenvalue weighted by molar-refractivity contribution is 5.99.